The molecule has 2 aliphatic rings. The first-order valence-corrected chi connectivity index (χ1v) is 8.65. The van der Waals surface area contributed by atoms with Gasteiger partial charge < -0.3 is 9.80 Å². The number of amides is 1. The van der Waals surface area contributed by atoms with Gasteiger partial charge in [-0.3, -0.25) is 4.79 Å². The van der Waals surface area contributed by atoms with E-state index in [0.717, 1.165) is 43.9 Å². The van der Waals surface area contributed by atoms with E-state index < -0.39 is 0 Å². The minimum atomic E-state index is 0.248. The minimum Gasteiger partial charge on any atom is -0.354 e. The second-order valence-electron chi connectivity index (χ2n) is 6.67. The topological polar surface area (TPSA) is 49.3 Å². The molecule has 5 nitrogen and oxygen atoms in total. The van der Waals surface area contributed by atoms with E-state index in [0.29, 0.717) is 18.4 Å². The Morgan fingerprint density at radius 1 is 1.12 bits per heavy atom. The third-order valence-corrected chi connectivity index (χ3v) is 5.27. The highest BCUT2D eigenvalue weighted by Crippen LogP contribution is 2.33. The van der Waals surface area contributed by atoms with Crippen LogP contribution in [0.2, 0.25) is 0 Å². The lowest BCUT2D eigenvalue weighted by atomic mass is 9.92. The number of benzene rings is 1. The van der Waals surface area contributed by atoms with Crippen molar-refractivity contribution in [2.75, 3.05) is 24.5 Å². The predicted octanol–water partition coefficient (Wildman–Crippen LogP) is 2.15. The zero-order valence-electron chi connectivity index (χ0n) is 13.7. The summed E-state index contributed by atoms with van der Waals surface area (Å²) in [5, 5.41) is 0. The number of carbonyl (C=O) groups is 1. The highest BCUT2D eigenvalue weighted by atomic mass is 16.2. The number of anilines is 1. The summed E-state index contributed by atoms with van der Waals surface area (Å²) in [7, 11) is 0. The average Bonchev–Trinajstić information content (AvgIpc) is 3.06. The Hall–Kier alpha value is -2.43. The van der Waals surface area contributed by atoms with Gasteiger partial charge in [0, 0.05) is 25.8 Å². The summed E-state index contributed by atoms with van der Waals surface area (Å²) in [6.07, 6.45) is 6.12. The molecule has 0 radical (unpaired) electrons. The summed E-state index contributed by atoms with van der Waals surface area (Å²) in [6, 6.07) is 12.3. The summed E-state index contributed by atoms with van der Waals surface area (Å²) < 4.78 is 0. The van der Waals surface area contributed by atoms with E-state index in [1.807, 2.05) is 36.4 Å². The molecule has 1 aromatic carbocycles. The van der Waals surface area contributed by atoms with Crippen molar-refractivity contribution >= 4 is 11.7 Å². The van der Waals surface area contributed by atoms with Crippen molar-refractivity contribution in [3.8, 4) is 0 Å². The first kappa shape index (κ1) is 15.1. The van der Waals surface area contributed by atoms with Crippen molar-refractivity contribution in [3.63, 3.8) is 0 Å². The van der Waals surface area contributed by atoms with Crippen LogP contribution in [-0.4, -0.2) is 46.5 Å². The number of piperidine rings is 1. The molecule has 1 aromatic heterocycles. The van der Waals surface area contributed by atoms with Crippen LogP contribution >= 0.6 is 0 Å². The van der Waals surface area contributed by atoms with Gasteiger partial charge in [-0.1, -0.05) is 30.3 Å². The average molecular weight is 322 g/mol. The number of hydrogen-bond donors (Lipinski definition) is 0. The van der Waals surface area contributed by atoms with E-state index in [1.54, 1.807) is 12.5 Å². The van der Waals surface area contributed by atoms with E-state index >= 15 is 0 Å². The van der Waals surface area contributed by atoms with Gasteiger partial charge in [-0.2, -0.15) is 0 Å². The van der Waals surface area contributed by atoms with Crippen molar-refractivity contribution in [2.45, 2.75) is 25.3 Å². The number of rotatable bonds is 3. The number of aromatic nitrogens is 2. The van der Waals surface area contributed by atoms with Crippen molar-refractivity contribution in [1.29, 1.82) is 0 Å². The molecule has 1 amide bonds. The smallest absolute Gasteiger partial charge is 0.227 e. The maximum absolute atomic E-state index is 12.8. The zero-order chi connectivity index (χ0) is 16.4. The maximum Gasteiger partial charge on any atom is 0.227 e. The molecular weight excluding hydrogens is 300 g/mol. The lowest BCUT2D eigenvalue weighted by molar-refractivity contribution is -0.131. The second kappa shape index (κ2) is 6.59. The van der Waals surface area contributed by atoms with E-state index in [4.69, 9.17) is 0 Å². The van der Waals surface area contributed by atoms with Crippen molar-refractivity contribution < 1.29 is 4.79 Å². The van der Waals surface area contributed by atoms with Gasteiger partial charge >= 0.3 is 0 Å². The van der Waals surface area contributed by atoms with Crippen LogP contribution in [0, 0.1) is 5.92 Å². The molecule has 0 aliphatic carbocycles. The minimum absolute atomic E-state index is 0.248. The molecule has 2 aromatic rings. The molecule has 2 unspecified atom stereocenters. The second-order valence-corrected chi connectivity index (χ2v) is 6.67. The fourth-order valence-electron chi connectivity index (χ4n) is 4.00. The normalized spacial score (nSPS) is 23.2. The van der Waals surface area contributed by atoms with Crippen LogP contribution in [0.15, 0.2) is 48.9 Å². The molecule has 2 atom stereocenters. The van der Waals surface area contributed by atoms with E-state index in [1.165, 1.54) is 0 Å². The molecule has 0 saturated carbocycles. The van der Waals surface area contributed by atoms with Crippen molar-refractivity contribution in [2.24, 2.45) is 5.92 Å². The molecule has 24 heavy (non-hydrogen) atoms. The fraction of sp³-hybridized carbons (Fsp3) is 0.421. The number of nitrogens with zero attached hydrogens (tertiary/aromatic N) is 4. The molecule has 2 saturated heterocycles. The number of likely N-dealkylation sites (tertiary alicyclic amines) is 1. The van der Waals surface area contributed by atoms with Crippen LogP contribution in [-0.2, 0) is 11.2 Å². The van der Waals surface area contributed by atoms with Gasteiger partial charge in [-0.15, -0.1) is 0 Å². The molecule has 5 heteroatoms. The Balaban J connectivity index is 1.46. The van der Waals surface area contributed by atoms with Crippen LogP contribution in [0.1, 0.15) is 18.4 Å². The van der Waals surface area contributed by atoms with Crippen molar-refractivity contribution in [1.82, 2.24) is 14.9 Å². The monoisotopic (exact) mass is 322 g/mol. The molecule has 2 fully saturated rings. The Morgan fingerprint density at radius 3 is 2.75 bits per heavy atom. The summed E-state index contributed by atoms with van der Waals surface area (Å²) >= 11 is 0. The predicted molar refractivity (Wildman–Crippen MR) is 92.6 cm³/mol. The standard InChI is InChI=1S/C19H22N4O/c24-19(12-15-4-2-1-3-5-15)23-11-8-16-7-10-22(13-17(16)23)18-6-9-20-14-21-18/h1-6,9,14,16-17H,7-8,10-13H2. The summed E-state index contributed by atoms with van der Waals surface area (Å²) in [5.74, 6) is 1.84. The maximum atomic E-state index is 12.8. The Bertz CT molecular complexity index is 691. The van der Waals surface area contributed by atoms with Crippen molar-refractivity contribution in [3.05, 3.63) is 54.5 Å². The van der Waals surface area contributed by atoms with E-state index in [-0.39, 0.29) is 5.91 Å². The Labute approximate surface area is 142 Å². The Morgan fingerprint density at radius 2 is 1.96 bits per heavy atom. The van der Waals surface area contributed by atoms with Gasteiger partial charge in [0.25, 0.3) is 0 Å². The van der Waals surface area contributed by atoms with E-state index in [2.05, 4.69) is 19.8 Å². The molecule has 0 N–H and O–H groups in total. The molecule has 3 heterocycles. The quantitative estimate of drug-likeness (QED) is 0.869. The summed E-state index contributed by atoms with van der Waals surface area (Å²) in [4.78, 5) is 25.5. The lowest BCUT2D eigenvalue weighted by Gasteiger charge is -2.39. The third-order valence-electron chi connectivity index (χ3n) is 5.27. The molecule has 0 spiro atoms. The largest absolute Gasteiger partial charge is 0.354 e. The first-order chi connectivity index (χ1) is 11.8. The zero-order valence-corrected chi connectivity index (χ0v) is 13.7. The van der Waals surface area contributed by atoms with Gasteiger partial charge in [-0.05, 0) is 30.4 Å². The lowest BCUT2D eigenvalue weighted by Crippen LogP contribution is -2.50. The van der Waals surface area contributed by atoms with Crippen LogP contribution < -0.4 is 4.90 Å². The van der Waals surface area contributed by atoms with Gasteiger partial charge in [0.15, 0.2) is 0 Å². The number of hydrogen-bond acceptors (Lipinski definition) is 4. The molecule has 4 rings (SSSR count). The highest BCUT2D eigenvalue weighted by Gasteiger charge is 2.40. The summed E-state index contributed by atoms with van der Waals surface area (Å²) in [6.45, 7) is 2.78. The first-order valence-electron chi connectivity index (χ1n) is 8.65. The Kier molecular flexibility index (Phi) is 4.15. The van der Waals surface area contributed by atoms with E-state index in [9.17, 15) is 4.79 Å². The SMILES string of the molecule is O=C(Cc1ccccc1)N1CCC2CCN(c3ccncn3)CC21. The molecule has 0 bridgehead atoms. The van der Waals surface area contributed by atoms with Gasteiger partial charge in [0.1, 0.15) is 12.1 Å². The van der Waals surface area contributed by atoms with Gasteiger partial charge in [-0.25, -0.2) is 9.97 Å². The molecule has 124 valence electrons. The molecule has 2 aliphatic heterocycles. The molecular formula is C19H22N4O. The number of fused-ring (bicyclic) bond motifs is 1. The summed E-state index contributed by atoms with van der Waals surface area (Å²) in [5.41, 5.74) is 1.09. The third kappa shape index (κ3) is 2.98. The van der Waals surface area contributed by atoms with Crippen LogP contribution in [0.4, 0.5) is 5.82 Å². The van der Waals surface area contributed by atoms with Gasteiger partial charge in [0.2, 0.25) is 5.91 Å². The number of carbonyl (C=O) groups excluding carboxylic acids is 1. The highest BCUT2D eigenvalue weighted by molar-refractivity contribution is 5.79. The van der Waals surface area contributed by atoms with Gasteiger partial charge in [0.05, 0.1) is 12.5 Å². The van der Waals surface area contributed by atoms with Crippen LogP contribution in [0.25, 0.3) is 0 Å². The fourth-order valence-corrected chi connectivity index (χ4v) is 4.00. The van der Waals surface area contributed by atoms with Crippen LogP contribution in [0.5, 0.6) is 0 Å². The van der Waals surface area contributed by atoms with Crippen LogP contribution in [0.3, 0.4) is 0 Å².